The first-order valence-corrected chi connectivity index (χ1v) is 5.85. The van der Waals surface area contributed by atoms with Gasteiger partial charge in [0.2, 0.25) is 5.91 Å². The molecule has 3 heteroatoms. The molecule has 2 unspecified atom stereocenters. The zero-order valence-corrected chi connectivity index (χ0v) is 8.96. The van der Waals surface area contributed by atoms with Crippen molar-refractivity contribution in [3.8, 4) is 0 Å². The summed E-state index contributed by atoms with van der Waals surface area (Å²) < 4.78 is 0. The summed E-state index contributed by atoms with van der Waals surface area (Å²) in [7, 11) is 0. The predicted molar refractivity (Wildman–Crippen MR) is 56.1 cm³/mol. The van der Waals surface area contributed by atoms with Gasteiger partial charge in [-0.15, -0.1) is 0 Å². The molecule has 2 fully saturated rings. The third-order valence-corrected chi connectivity index (χ3v) is 3.45. The molecule has 2 rings (SSSR count). The zero-order valence-electron chi connectivity index (χ0n) is 8.96. The largest absolute Gasteiger partial charge is 0.337 e. The van der Waals surface area contributed by atoms with Gasteiger partial charge in [0, 0.05) is 18.6 Å². The number of hydrogen-bond acceptors (Lipinski definition) is 2. The summed E-state index contributed by atoms with van der Waals surface area (Å²) in [5.41, 5.74) is 0. The number of carbonyl (C=O) groups excluding carboxylic acids is 1. The van der Waals surface area contributed by atoms with Crippen LogP contribution in [0.15, 0.2) is 0 Å². The number of piperidine rings is 1. The maximum atomic E-state index is 11.6. The molecule has 0 aromatic rings. The number of nitrogens with zero attached hydrogens (tertiary/aromatic N) is 1. The van der Waals surface area contributed by atoms with Gasteiger partial charge in [-0.2, -0.15) is 0 Å². The Morgan fingerprint density at radius 2 is 2.36 bits per heavy atom. The van der Waals surface area contributed by atoms with Crippen LogP contribution in [0.5, 0.6) is 0 Å². The van der Waals surface area contributed by atoms with Crippen molar-refractivity contribution in [2.45, 2.75) is 51.1 Å². The molecule has 1 amide bonds. The summed E-state index contributed by atoms with van der Waals surface area (Å²) in [4.78, 5) is 13.8. The molecule has 2 saturated heterocycles. The lowest BCUT2D eigenvalue weighted by Crippen LogP contribution is -2.61. The lowest BCUT2D eigenvalue weighted by Gasteiger charge is -2.44. The molecule has 2 heterocycles. The Balaban J connectivity index is 2.04. The van der Waals surface area contributed by atoms with Crippen molar-refractivity contribution in [1.82, 2.24) is 10.2 Å². The van der Waals surface area contributed by atoms with Crippen molar-refractivity contribution in [2.24, 2.45) is 0 Å². The summed E-state index contributed by atoms with van der Waals surface area (Å²) in [5.74, 6) is 0.307. The molecule has 0 aliphatic carbocycles. The summed E-state index contributed by atoms with van der Waals surface area (Å²) in [5, 5.41) is 3.38. The van der Waals surface area contributed by atoms with Gasteiger partial charge in [0.25, 0.3) is 0 Å². The molecule has 0 spiro atoms. The standard InChI is InChI=1S/C11H20N2O/c1-2-5-9-10-6-3-4-7-13(10)11(14)8-12-9/h9-10,12H,2-8H2,1H3. The topological polar surface area (TPSA) is 32.3 Å². The Kier molecular flexibility index (Phi) is 3.06. The molecule has 80 valence electrons. The fourth-order valence-corrected chi connectivity index (χ4v) is 2.75. The van der Waals surface area contributed by atoms with Crippen LogP contribution < -0.4 is 5.32 Å². The molecular formula is C11H20N2O. The van der Waals surface area contributed by atoms with Crippen LogP contribution in [-0.4, -0.2) is 36.0 Å². The number of piperazine rings is 1. The van der Waals surface area contributed by atoms with E-state index in [-0.39, 0.29) is 0 Å². The molecule has 0 radical (unpaired) electrons. The fourth-order valence-electron chi connectivity index (χ4n) is 2.75. The van der Waals surface area contributed by atoms with Gasteiger partial charge >= 0.3 is 0 Å². The predicted octanol–water partition coefficient (Wildman–Crippen LogP) is 1.14. The molecule has 2 aliphatic heterocycles. The second-order valence-electron chi connectivity index (χ2n) is 4.43. The van der Waals surface area contributed by atoms with Crippen LogP contribution >= 0.6 is 0 Å². The van der Waals surface area contributed by atoms with Crippen molar-refractivity contribution < 1.29 is 4.79 Å². The Labute approximate surface area is 85.8 Å². The summed E-state index contributed by atoms with van der Waals surface area (Å²) in [6.07, 6.45) is 6.09. The van der Waals surface area contributed by atoms with Crippen molar-refractivity contribution in [3.63, 3.8) is 0 Å². The Bertz CT molecular complexity index is 217. The summed E-state index contributed by atoms with van der Waals surface area (Å²) in [6.45, 7) is 3.76. The third-order valence-electron chi connectivity index (χ3n) is 3.45. The third kappa shape index (κ3) is 1.78. The normalized spacial score (nSPS) is 32.9. The van der Waals surface area contributed by atoms with E-state index in [0.29, 0.717) is 24.5 Å². The highest BCUT2D eigenvalue weighted by atomic mass is 16.2. The van der Waals surface area contributed by atoms with Crippen molar-refractivity contribution in [1.29, 1.82) is 0 Å². The Morgan fingerprint density at radius 3 is 3.14 bits per heavy atom. The highest BCUT2D eigenvalue weighted by Crippen LogP contribution is 2.24. The second-order valence-corrected chi connectivity index (χ2v) is 4.43. The lowest BCUT2D eigenvalue weighted by atomic mass is 9.91. The molecule has 2 aliphatic rings. The van der Waals surface area contributed by atoms with E-state index < -0.39 is 0 Å². The average Bonchev–Trinajstić information content (AvgIpc) is 2.23. The highest BCUT2D eigenvalue weighted by Gasteiger charge is 2.35. The monoisotopic (exact) mass is 196 g/mol. The number of fused-ring (bicyclic) bond motifs is 1. The maximum Gasteiger partial charge on any atom is 0.236 e. The van der Waals surface area contributed by atoms with E-state index in [1.807, 2.05) is 0 Å². The Hall–Kier alpha value is -0.570. The molecule has 0 bridgehead atoms. The molecule has 3 nitrogen and oxygen atoms in total. The Morgan fingerprint density at radius 1 is 1.50 bits per heavy atom. The summed E-state index contributed by atoms with van der Waals surface area (Å²) in [6, 6.07) is 1.04. The van der Waals surface area contributed by atoms with E-state index in [1.165, 1.54) is 32.1 Å². The van der Waals surface area contributed by atoms with Crippen molar-refractivity contribution in [3.05, 3.63) is 0 Å². The van der Waals surface area contributed by atoms with E-state index in [1.54, 1.807) is 0 Å². The van der Waals surface area contributed by atoms with Gasteiger partial charge in [-0.05, 0) is 25.7 Å². The van der Waals surface area contributed by atoms with Gasteiger partial charge in [0.1, 0.15) is 0 Å². The van der Waals surface area contributed by atoms with Crippen LogP contribution in [0.1, 0.15) is 39.0 Å². The van der Waals surface area contributed by atoms with Crippen LogP contribution in [0.2, 0.25) is 0 Å². The van der Waals surface area contributed by atoms with Crippen LogP contribution in [-0.2, 0) is 4.79 Å². The molecule has 1 N–H and O–H groups in total. The van der Waals surface area contributed by atoms with E-state index in [0.717, 1.165) is 6.54 Å². The average molecular weight is 196 g/mol. The smallest absolute Gasteiger partial charge is 0.236 e. The highest BCUT2D eigenvalue weighted by molar-refractivity contribution is 5.79. The van der Waals surface area contributed by atoms with Gasteiger partial charge in [-0.3, -0.25) is 4.79 Å². The maximum absolute atomic E-state index is 11.6. The first-order valence-electron chi connectivity index (χ1n) is 5.85. The lowest BCUT2D eigenvalue weighted by molar-refractivity contribution is -0.138. The molecule has 2 atom stereocenters. The molecule has 0 aromatic heterocycles. The van der Waals surface area contributed by atoms with Crippen LogP contribution in [0.3, 0.4) is 0 Å². The van der Waals surface area contributed by atoms with Gasteiger partial charge in [-0.25, -0.2) is 0 Å². The number of hydrogen-bond donors (Lipinski definition) is 1. The van der Waals surface area contributed by atoms with E-state index >= 15 is 0 Å². The van der Waals surface area contributed by atoms with E-state index in [4.69, 9.17) is 0 Å². The molecule has 0 aromatic carbocycles. The van der Waals surface area contributed by atoms with Gasteiger partial charge < -0.3 is 10.2 Å². The molecule has 14 heavy (non-hydrogen) atoms. The summed E-state index contributed by atoms with van der Waals surface area (Å²) >= 11 is 0. The van der Waals surface area contributed by atoms with Gasteiger partial charge in [-0.1, -0.05) is 13.3 Å². The zero-order chi connectivity index (χ0) is 9.97. The van der Waals surface area contributed by atoms with Crippen LogP contribution in [0, 0.1) is 0 Å². The first-order chi connectivity index (χ1) is 6.83. The second kappa shape index (κ2) is 4.30. The van der Waals surface area contributed by atoms with Crippen LogP contribution in [0.4, 0.5) is 0 Å². The number of carbonyl (C=O) groups is 1. The SMILES string of the molecule is CCCC1NCC(=O)N2CCCCC12. The number of nitrogens with one attached hydrogen (secondary N) is 1. The van der Waals surface area contributed by atoms with Gasteiger partial charge in [0.15, 0.2) is 0 Å². The quantitative estimate of drug-likeness (QED) is 0.718. The number of amides is 1. The minimum atomic E-state index is 0.307. The van der Waals surface area contributed by atoms with E-state index in [9.17, 15) is 4.79 Å². The fraction of sp³-hybridized carbons (Fsp3) is 0.909. The van der Waals surface area contributed by atoms with Crippen molar-refractivity contribution in [2.75, 3.05) is 13.1 Å². The molecule has 0 saturated carbocycles. The van der Waals surface area contributed by atoms with Gasteiger partial charge in [0.05, 0.1) is 6.54 Å². The van der Waals surface area contributed by atoms with Crippen molar-refractivity contribution >= 4 is 5.91 Å². The van der Waals surface area contributed by atoms with E-state index in [2.05, 4.69) is 17.1 Å². The number of rotatable bonds is 2. The minimum Gasteiger partial charge on any atom is -0.337 e. The first kappa shape index (κ1) is 9.97. The molecular weight excluding hydrogens is 176 g/mol. The van der Waals surface area contributed by atoms with Crippen LogP contribution in [0.25, 0.3) is 0 Å². The minimum absolute atomic E-state index is 0.307.